The molecule has 3 nitrogen and oxygen atoms in total. The van der Waals surface area contributed by atoms with Gasteiger partial charge >= 0.3 is 0 Å². The van der Waals surface area contributed by atoms with Crippen molar-refractivity contribution in [3.63, 3.8) is 0 Å². The molecule has 0 aliphatic carbocycles. The molecule has 1 aromatic rings. The molecular formula is C10H10BrNO2. The van der Waals surface area contributed by atoms with Crippen LogP contribution < -0.4 is 4.74 Å². The highest BCUT2D eigenvalue weighted by atomic mass is 79.9. The van der Waals surface area contributed by atoms with Crippen molar-refractivity contribution >= 4 is 15.9 Å². The van der Waals surface area contributed by atoms with Crippen LogP contribution >= 0.6 is 15.9 Å². The maximum atomic E-state index is 9.42. The summed E-state index contributed by atoms with van der Waals surface area (Å²) in [6.45, 7) is 1.64. The van der Waals surface area contributed by atoms with Gasteiger partial charge in [-0.15, -0.1) is 0 Å². The molecule has 4 heteroatoms. The predicted molar refractivity (Wildman–Crippen MR) is 55.9 cm³/mol. The van der Waals surface area contributed by atoms with Gasteiger partial charge in [0.25, 0.3) is 0 Å². The molecular weight excluding hydrogens is 246 g/mol. The van der Waals surface area contributed by atoms with Gasteiger partial charge in [0.1, 0.15) is 11.8 Å². The number of rotatable bonds is 3. The zero-order chi connectivity index (χ0) is 10.6. The summed E-state index contributed by atoms with van der Waals surface area (Å²) in [7, 11) is 0. The predicted octanol–water partition coefficient (Wildman–Crippen LogP) is 2.40. The summed E-state index contributed by atoms with van der Waals surface area (Å²) in [5, 5.41) is 17.8. The fraction of sp³-hybridized carbons (Fsp3) is 0.300. The van der Waals surface area contributed by atoms with Gasteiger partial charge in [0.05, 0.1) is 6.10 Å². The number of aliphatic hydroxyl groups is 1. The molecule has 0 saturated carbocycles. The summed E-state index contributed by atoms with van der Waals surface area (Å²) in [6.07, 6.45) is -0.600. The largest absolute Gasteiger partial charge is 0.478 e. The van der Waals surface area contributed by atoms with Gasteiger partial charge in [0.2, 0.25) is 0 Å². The van der Waals surface area contributed by atoms with Crippen molar-refractivity contribution in [2.75, 3.05) is 6.61 Å². The lowest BCUT2D eigenvalue weighted by Gasteiger charge is -2.11. The van der Waals surface area contributed by atoms with E-state index in [1.54, 1.807) is 19.1 Å². The molecule has 0 aliphatic heterocycles. The minimum atomic E-state index is -0.600. The Kier molecular flexibility index (Phi) is 3.93. The van der Waals surface area contributed by atoms with Crippen LogP contribution in [0.5, 0.6) is 5.75 Å². The van der Waals surface area contributed by atoms with Gasteiger partial charge in [-0.1, -0.05) is 22.0 Å². The molecule has 0 fully saturated rings. The Morgan fingerprint density at radius 1 is 1.64 bits per heavy atom. The number of hydrogen-bond donors (Lipinski definition) is 1. The Labute approximate surface area is 91.1 Å². The molecule has 0 bridgehead atoms. The van der Waals surface area contributed by atoms with Gasteiger partial charge in [-0.25, -0.2) is 0 Å². The van der Waals surface area contributed by atoms with Crippen molar-refractivity contribution in [2.24, 2.45) is 0 Å². The van der Waals surface area contributed by atoms with Crippen LogP contribution in [0, 0.1) is 11.3 Å². The molecule has 1 atom stereocenters. The molecule has 74 valence electrons. The highest BCUT2D eigenvalue weighted by Crippen LogP contribution is 2.28. The fourth-order valence-corrected chi connectivity index (χ4v) is 1.43. The van der Waals surface area contributed by atoms with E-state index in [1.165, 1.54) is 0 Å². The first-order valence-corrected chi connectivity index (χ1v) is 4.91. The van der Waals surface area contributed by atoms with Crippen LogP contribution in [0.2, 0.25) is 0 Å². The Morgan fingerprint density at radius 2 is 2.36 bits per heavy atom. The average molecular weight is 256 g/mol. The smallest absolute Gasteiger partial charge is 0.174 e. The van der Waals surface area contributed by atoms with Gasteiger partial charge in [-0.2, -0.15) is 5.26 Å². The summed E-state index contributed by atoms with van der Waals surface area (Å²) >= 11 is 3.29. The SMILES string of the molecule is C[C@@H](O)c1ccc(Br)cc1OCC#N. The minimum absolute atomic E-state index is 0.0177. The Balaban J connectivity index is 2.98. The Bertz CT molecular complexity index is 358. The second-order valence-electron chi connectivity index (χ2n) is 2.80. The zero-order valence-corrected chi connectivity index (χ0v) is 9.28. The molecule has 1 aromatic carbocycles. The molecule has 1 N–H and O–H groups in total. The monoisotopic (exact) mass is 255 g/mol. The van der Waals surface area contributed by atoms with Crippen molar-refractivity contribution in [3.05, 3.63) is 28.2 Å². The van der Waals surface area contributed by atoms with Gasteiger partial charge in [0, 0.05) is 10.0 Å². The lowest BCUT2D eigenvalue weighted by atomic mass is 10.1. The number of aliphatic hydroxyl groups excluding tert-OH is 1. The minimum Gasteiger partial charge on any atom is -0.478 e. The molecule has 0 radical (unpaired) electrons. The second-order valence-corrected chi connectivity index (χ2v) is 3.72. The van der Waals surface area contributed by atoms with Crippen LogP contribution in [0.15, 0.2) is 22.7 Å². The van der Waals surface area contributed by atoms with Crippen LogP contribution in [0.3, 0.4) is 0 Å². The first-order valence-electron chi connectivity index (χ1n) is 4.12. The van der Waals surface area contributed by atoms with Gasteiger partial charge in [0.15, 0.2) is 6.61 Å². The van der Waals surface area contributed by atoms with E-state index in [0.29, 0.717) is 11.3 Å². The number of benzene rings is 1. The second kappa shape index (κ2) is 4.99. The van der Waals surface area contributed by atoms with E-state index in [-0.39, 0.29) is 6.61 Å². The van der Waals surface area contributed by atoms with E-state index < -0.39 is 6.10 Å². The van der Waals surface area contributed by atoms with E-state index in [1.807, 2.05) is 12.1 Å². The zero-order valence-electron chi connectivity index (χ0n) is 7.70. The molecule has 0 heterocycles. The van der Waals surface area contributed by atoms with Crippen LogP contribution in [-0.4, -0.2) is 11.7 Å². The average Bonchev–Trinajstić information content (AvgIpc) is 2.14. The summed E-state index contributed by atoms with van der Waals surface area (Å²) in [5.74, 6) is 0.538. The quantitative estimate of drug-likeness (QED) is 0.903. The molecule has 0 amide bonds. The van der Waals surface area contributed by atoms with E-state index in [4.69, 9.17) is 10.00 Å². The first kappa shape index (κ1) is 11.0. The molecule has 1 rings (SSSR count). The maximum absolute atomic E-state index is 9.42. The van der Waals surface area contributed by atoms with E-state index in [9.17, 15) is 5.11 Å². The van der Waals surface area contributed by atoms with Crippen molar-refractivity contribution in [2.45, 2.75) is 13.0 Å². The Hall–Kier alpha value is -1.05. The lowest BCUT2D eigenvalue weighted by molar-refractivity contribution is 0.193. The van der Waals surface area contributed by atoms with Crippen molar-refractivity contribution in [1.29, 1.82) is 5.26 Å². The number of hydrogen-bond acceptors (Lipinski definition) is 3. The van der Waals surface area contributed by atoms with Gasteiger partial charge < -0.3 is 9.84 Å². The highest BCUT2D eigenvalue weighted by molar-refractivity contribution is 9.10. The fourth-order valence-electron chi connectivity index (χ4n) is 1.09. The topological polar surface area (TPSA) is 53.2 Å². The molecule has 0 unspecified atom stereocenters. The standard InChI is InChI=1S/C10H10BrNO2/c1-7(13)9-3-2-8(11)6-10(9)14-5-4-12/h2-3,6-7,13H,5H2,1H3/t7-/m1/s1. The van der Waals surface area contributed by atoms with Crippen molar-refractivity contribution in [1.82, 2.24) is 0 Å². The van der Waals surface area contributed by atoms with E-state index in [0.717, 1.165) is 4.47 Å². The highest BCUT2D eigenvalue weighted by Gasteiger charge is 2.09. The lowest BCUT2D eigenvalue weighted by Crippen LogP contribution is -2.00. The van der Waals surface area contributed by atoms with Crippen LogP contribution in [0.1, 0.15) is 18.6 Å². The van der Waals surface area contributed by atoms with Crippen LogP contribution in [-0.2, 0) is 0 Å². The third-order valence-corrected chi connectivity index (χ3v) is 2.21. The molecule has 14 heavy (non-hydrogen) atoms. The molecule has 0 aromatic heterocycles. The van der Waals surface area contributed by atoms with E-state index in [2.05, 4.69) is 15.9 Å². The number of halogens is 1. The summed E-state index contributed by atoms with van der Waals surface area (Å²) in [5.41, 5.74) is 0.684. The third kappa shape index (κ3) is 2.72. The summed E-state index contributed by atoms with van der Waals surface area (Å²) < 4.78 is 6.03. The maximum Gasteiger partial charge on any atom is 0.174 e. The van der Waals surface area contributed by atoms with Crippen LogP contribution in [0.25, 0.3) is 0 Å². The summed E-state index contributed by atoms with van der Waals surface area (Å²) in [6, 6.07) is 7.20. The number of nitrogens with zero attached hydrogens (tertiary/aromatic N) is 1. The first-order chi connectivity index (χ1) is 6.65. The number of nitriles is 1. The van der Waals surface area contributed by atoms with E-state index >= 15 is 0 Å². The molecule has 0 aliphatic rings. The molecule has 0 saturated heterocycles. The van der Waals surface area contributed by atoms with Crippen LogP contribution in [0.4, 0.5) is 0 Å². The summed E-state index contributed by atoms with van der Waals surface area (Å²) in [4.78, 5) is 0. The third-order valence-electron chi connectivity index (χ3n) is 1.72. The van der Waals surface area contributed by atoms with Crippen molar-refractivity contribution < 1.29 is 9.84 Å². The van der Waals surface area contributed by atoms with Gasteiger partial charge in [-0.05, 0) is 19.1 Å². The normalized spacial score (nSPS) is 11.9. The number of ether oxygens (including phenoxy) is 1. The Morgan fingerprint density at radius 3 is 2.93 bits per heavy atom. The van der Waals surface area contributed by atoms with Gasteiger partial charge in [-0.3, -0.25) is 0 Å². The van der Waals surface area contributed by atoms with Crippen molar-refractivity contribution in [3.8, 4) is 11.8 Å². The molecule has 0 spiro atoms.